The van der Waals surface area contributed by atoms with E-state index in [1.807, 2.05) is 18.2 Å². The quantitative estimate of drug-likeness (QED) is 0.808. The Kier molecular flexibility index (Phi) is 3.71. The standard InChI is InChI=1S/C14H15ClN4O/c15-9-1-2-10-12(7-9)16-4-3-11-13(10)18-8-19-14(11)17-5-6-20/h1-2,7-8,16,20H,3-6H2,(H,17,18,19). The molecule has 104 valence electrons. The maximum absolute atomic E-state index is 8.94. The number of fused-ring (bicyclic) bond motifs is 3. The van der Waals surface area contributed by atoms with Crippen LogP contribution in [0.1, 0.15) is 5.56 Å². The molecule has 3 rings (SSSR count). The third kappa shape index (κ3) is 2.42. The van der Waals surface area contributed by atoms with Crippen LogP contribution in [0.3, 0.4) is 0 Å². The molecular formula is C14H15ClN4O. The Balaban J connectivity index is 2.10. The summed E-state index contributed by atoms with van der Waals surface area (Å²) in [6, 6.07) is 5.74. The third-order valence-electron chi connectivity index (χ3n) is 3.28. The molecular weight excluding hydrogens is 276 g/mol. The van der Waals surface area contributed by atoms with E-state index in [1.165, 1.54) is 0 Å². The van der Waals surface area contributed by atoms with Crippen LogP contribution in [0.25, 0.3) is 11.3 Å². The lowest BCUT2D eigenvalue weighted by atomic mass is 10.0. The molecule has 20 heavy (non-hydrogen) atoms. The van der Waals surface area contributed by atoms with E-state index in [0.29, 0.717) is 11.6 Å². The second-order valence-corrected chi connectivity index (χ2v) is 5.00. The molecule has 0 aliphatic carbocycles. The number of rotatable bonds is 3. The zero-order valence-corrected chi connectivity index (χ0v) is 11.6. The molecule has 0 bridgehead atoms. The zero-order chi connectivity index (χ0) is 13.9. The molecule has 2 heterocycles. The number of benzene rings is 1. The monoisotopic (exact) mass is 290 g/mol. The summed E-state index contributed by atoms with van der Waals surface area (Å²) in [5.74, 6) is 0.786. The molecule has 0 saturated carbocycles. The van der Waals surface area contributed by atoms with E-state index in [2.05, 4.69) is 20.6 Å². The molecule has 0 atom stereocenters. The van der Waals surface area contributed by atoms with Gasteiger partial charge in [-0.25, -0.2) is 9.97 Å². The van der Waals surface area contributed by atoms with E-state index >= 15 is 0 Å². The fourth-order valence-electron chi connectivity index (χ4n) is 2.40. The van der Waals surface area contributed by atoms with Crippen LogP contribution in [0.15, 0.2) is 24.5 Å². The Hall–Kier alpha value is -1.85. The van der Waals surface area contributed by atoms with Crippen molar-refractivity contribution in [3.8, 4) is 11.3 Å². The lowest BCUT2D eigenvalue weighted by molar-refractivity contribution is 0.311. The maximum atomic E-state index is 8.94. The van der Waals surface area contributed by atoms with Gasteiger partial charge in [-0.2, -0.15) is 0 Å². The number of nitrogens with one attached hydrogen (secondary N) is 2. The second kappa shape index (κ2) is 5.64. The van der Waals surface area contributed by atoms with Gasteiger partial charge in [0.2, 0.25) is 0 Å². The molecule has 1 aliphatic heterocycles. The minimum Gasteiger partial charge on any atom is -0.395 e. The summed E-state index contributed by atoms with van der Waals surface area (Å²) >= 11 is 6.04. The molecule has 0 amide bonds. The van der Waals surface area contributed by atoms with Crippen molar-refractivity contribution in [1.82, 2.24) is 9.97 Å². The predicted octanol–water partition coefficient (Wildman–Crippen LogP) is 2.17. The van der Waals surface area contributed by atoms with Crippen LogP contribution in [0, 0.1) is 0 Å². The van der Waals surface area contributed by atoms with Crippen LogP contribution in [0.2, 0.25) is 5.02 Å². The minimum atomic E-state index is 0.0726. The Morgan fingerprint density at radius 2 is 2.25 bits per heavy atom. The van der Waals surface area contributed by atoms with Gasteiger partial charge >= 0.3 is 0 Å². The highest BCUT2D eigenvalue weighted by atomic mass is 35.5. The fraction of sp³-hybridized carbons (Fsp3) is 0.286. The summed E-state index contributed by atoms with van der Waals surface area (Å²) in [6.45, 7) is 1.34. The lowest BCUT2D eigenvalue weighted by Crippen LogP contribution is -2.11. The first-order chi connectivity index (χ1) is 9.79. The number of hydrogen-bond acceptors (Lipinski definition) is 5. The van der Waals surface area contributed by atoms with Crippen molar-refractivity contribution in [1.29, 1.82) is 0 Å². The van der Waals surface area contributed by atoms with Crippen molar-refractivity contribution >= 4 is 23.1 Å². The highest BCUT2D eigenvalue weighted by Gasteiger charge is 2.18. The molecule has 1 aliphatic rings. The van der Waals surface area contributed by atoms with Crippen molar-refractivity contribution in [3.05, 3.63) is 35.1 Å². The van der Waals surface area contributed by atoms with Crippen molar-refractivity contribution in [3.63, 3.8) is 0 Å². The van der Waals surface area contributed by atoms with Gasteiger partial charge < -0.3 is 15.7 Å². The number of aliphatic hydroxyl groups is 1. The van der Waals surface area contributed by atoms with Crippen LogP contribution in [-0.4, -0.2) is 34.8 Å². The van der Waals surface area contributed by atoms with Gasteiger partial charge in [0, 0.05) is 34.9 Å². The zero-order valence-electron chi connectivity index (χ0n) is 10.9. The van der Waals surface area contributed by atoms with Crippen LogP contribution in [0.4, 0.5) is 11.5 Å². The number of hydrogen-bond donors (Lipinski definition) is 3. The van der Waals surface area contributed by atoms with Gasteiger partial charge in [-0.1, -0.05) is 11.6 Å². The van der Waals surface area contributed by atoms with Crippen molar-refractivity contribution in [2.24, 2.45) is 0 Å². The van der Waals surface area contributed by atoms with Gasteiger partial charge in [0.1, 0.15) is 12.1 Å². The van der Waals surface area contributed by atoms with Crippen molar-refractivity contribution in [2.75, 3.05) is 30.3 Å². The van der Waals surface area contributed by atoms with E-state index in [1.54, 1.807) is 6.33 Å². The molecule has 0 fully saturated rings. The molecule has 1 aromatic carbocycles. The highest BCUT2D eigenvalue weighted by molar-refractivity contribution is 6.31. The number of aliphatic hydroxyl groups excluding tert-OH is 1. The molecule has 0 unspecified atom stereocenters. The van der Waals surface area contributed by atoms with Crippen molar-refractivity contribution in [2.45, 2.75) is 6.42 Å². The highest BCUT2D eigenvalue weighted by Crippen LogP contribution is 2.35. The van der Waals surface area contributed by atoms with E-state index in [9.17, 15) is 0 Å². The van der Waals surface area contributed by atoms with Crippen LogP contribution in [0.5, 0.6) is 0 Å². The Morgan fingerprint density at radius 1 is 1.35 bits per heavy atom. The molecule has 0 radical (unpaired) electrons. The SMILES string of the molecule is OCCNc1ncnc2c1CCNc1cc(Cl)ccc1-2. The average molecular weight is 291 g/mol. The van der Waals surface area contributed by atoms with E-state index < -0.39 is 0 Å². The van der Waals surface area contributed by atoms with Gasteiger partial charge in [0.05, 0.1) is 12.3 Å². The first-order valence-electron chi connectivity index (χ1n) is 6.52. The predicted molar refractivity (Wildman–Crippen MR) is 80.2 cm³/mol. The average Bonchev–Trinajstić information content (AvgIpc) is 2.64. The van der Waals surface area contributed by atoms with Gasteiger partial charge in [0.15, 0.2) is 0 Å². The van der Waals surface area contributed by atoms with Gasteiger partial charge in [0.25, 0.3) is 0 Å². The summed E-state index contributed by atoms with van der Waals surface area (Å²) in [5.41, 5.74) is 3.99. The fourth-order valence-corrected chi connectivity index (χ4v) is 2.57. The number of aromatic nitrogens is 2. The summed E-state index contributed by atoms with van der Waals surface area (Å²) in [6.07, 6.45) is 2.36. The molecule has 6 heteroatoms. The van der Waals surface area contributed by atoms with Gasteiger partial charge in [-0.3, -0.25) is 0 Å². The van der Waals surface area contributed by atoms with Crippen molar-refractivity contribution < 1.29 is 5.11 Å². The molecule has 3 N–H and O–H groups in total. The van der Waals surface area contributed by atoms with E-state index in [0.717, 1.165) is 41.3 Å². The molecule has 2 aromatic rings. The van der Waals surface area contributed by atoms with Crippen LogP contribution in [-0.2, 0) is 6.42 Å². The summed E-state index contributed by atoms with van der Waals surface area (Å²) in [5, 5.41) is 16.1. The maximum Gasteiger partial charge on any atom is 0.133 e. The Morgan fingerprint density at radius 3 is 3.10 bits per heavy atom. The Bertz CT molecular complexity index is 633. The summed E-state index contributed by atoms with van der Waals surface area (Å²) < 4.78 is 0. The number of anilines is 2. The number of halogens is 1. The molecule has 5 nitrogen and oxygen atoms in total. The largest absolute Gasteiger partial charge is 0.395 e. The molecule has 0 spiro atoms. The third-order valence-corrected chi connectivity index (χ3v) is 3.51. The minimum absolute atomic E-state index is 0.0726. The lowest BCUT2D eigenvalue weighted by Gasteiger charge is -2.12. The Labute approximate surface area is 122 Å². The van der Waals surface area contributed by atoms with E-state index in [-0.39, 0.29) is 6.61 Å². The second-order valence-electron chi connectivity index (χ2n) is 4.57. The number of nitrogens with zero attached hydrogens (tertiary/aromatic N) is 2. The van der Waals surface area contributed by atoms with E-state index in [4.69, 9.17) is 16.7 Å². The topological polar surface area (TPSA) is 70.1 Å². The van der Waals surface area contributed by atoms with Crippen LogP contribution >= 0.6 is 11.6 Å². The van der Waals surface area contributed by atoms with Gasteiger partial charge in [-0.15, -0.1) is 0 Å². The normalized spacial score (nSPS) is 12.9. The summed E-state index contributed by atoms with van der Waals surface area (Å²) in [7, 11) is 0. The first-order valence-corrected chi connectivity index (χ1v) is 6.90. The van der Waals surface area contributed by atoms with Crippen LogP contribution < -0.4 is 10.6 Å². The summed E-state index contributed by atoms with van der Waals surface area (Å²) in [4.78, 5) is 8.70. The molecule has 0 saturated heterocycles. The van der Waals surface area contributed by atoms with Gasteiger partial charge in [-0.05, 0) is 24.6 Å². The smallest absolute Gasteiger partial charge is 0.133 e. The first kappa shape index (κ1) is 13.1. The molecule has 1 aromatic heterocycles.